The van der Waals surface area contributed by atoms with Crippen LogP contribution in [0.3, 0.4) is 0 Å². The molecule has 4 rings (SSSR count). The van der Waals surface area contributed by atoms with Crippen molar-refractivity contribution in [1.29, 1.82) is 0 Å². The molecule has 0 bridgehead atoms. The topological polar surface area (TPSA) is 84.9 Å². The third-order valence-corrected chi connectivity index (χ3v) is 5.59. The summed E-state index contributed by atoms with van der Waals surface area (Å²) in [6.07, 6.45) is 1.31. The van der Waals surface area contributed by atoms with Crippen molar-refractivity contribution in [2.75, 3.05) is 25.2 Å². The Bertz CT molecular complexity index is 984. The Balaban J connectivity index is 1.22. The van der Waals surface area contributed by atoms with Crippen LogP contribution in [0.15, 0.2) is 42.5 Å². The highest BCUT2D eigenvalue weighted by molar-refractivity contribution is 5.98. The number of nitrogens with one attached hydrogen (secondary N) is 1. The summed E-state index contributed by atoms with van der Waals surface area (Å²) in [5.41, 5.74) is 1.04. The lowest BCUT2D eigenvalue weighted by atomic mass is 9.95. The van der Waals surface area contributed by atoms with Gasteiger partial charge in [0.15, 0.2) is 17.3 Å². The number of carbonyl (C=O) groups is 3. The van der Waals surface area contributed by atoms with Crippen molar-refractivity contribution in [3.8, 4) is 11.5 Å². The van der Waals surface area contributed by atoms with Gasteiger partial charge in [-0.2, -0.15) is 0 Å². The fourth-order valence-corrected chi connectivity index (χ4v) is 3.77. The highest BCUT2D eigenvalue weighted by Gasteiger charge is 2.28. The number of fused-ring (bicyclic) bond motifs is 1. The van der Waals surface area contributed by atoms with E-state index in [1.54, 1.807) is 23.1 Å². The molecule has 0 radical (unpaired) electrons. The number of hydrogen-bond acceptors (Lipinski definition) is 5. The molecule has 0 atom stereocenters. The van der Waals surface area contributed by atoms with Crippen LogP contribution in [-0.2, 0) is 9.59 Å². The van der Waals surface area contributed by atoms with Crippen molar-refractivity contribution in [3.63, 3.8) is 0 Å². The minimum atomic E-state index is -0.405. The normalized spacial score (nSPS) is 15.6. The number of ether oxygens (including phenoxy) is 2. The molecule has 2 aromatic rings. The first-order chi connectivity index (χ1) is 15.0. The first-order valence-electron chi connectivity index (χ1n) is 10.3. The molecule has 1 N–H and O–H groups in total. The van der Waals surface area contributed by atoms with Gasteiger partial charge in [-0.3, -0.25) is 14.4 Å². The Hall–Kier alpha value is -3.42. The van der Waals surface area contributed by atoms with Crippen molar-refractivity contribution < 1.29 is 28.2 Å². The first-order valence-corrected chi connectivity index (χ1v) is 10.3. The molecule has 2 aliphatic rings. The van der Waals surface area contributed by atoms with E-state index in [2.05, 4.69) is 5.32 Å². The van der Waals surface area contributed by atoms with Gasteiger partial charge in [-0.15, -0.1) is 0 Å². The molecule has 2 heterocycles. The maximum Gasteiger partial charge on any atom is 0.231 e. The third-order valence-electron chi connectivity index (χ3n) is 5.59. The molecular formula is C23H23FN2O5. The van der Waals surface area contributed by atoms with Crippen LogP contribution in [0.1, 0.15) is 36.0 Å². The zero-order chi connectivity index (χ0) is 21.8. The van der Waals surface area contributed by atoms with Gasteiger partial charge in [0.25, 0.3) is 0 Å². The Morgan fingerprint density at radius 3 is 2.42 bits per heavy atom. The Kier molecular flexibility index (Phi) is 6.16. The maximum absolute atomic E-state index is 13.0. The number of amides is 2. The van der Waals surface area contributed by atoms with E-state index in [1.165, 1.54) is 24.3 Å². The zero-order valence-electron chi connectivity index (χ0n) is 16.9. The van der Waals surface area contributed by atoms with Crippen LogP contribution in [-0.4, -0.2) is 42.4 Å². The number of Topliss-reactive ketones (excluding diaryl/α,β-unsaturated/α-hetero) is 1. The highest BCUT2D eigenvalue weighted by Crippen LogP contribution is 2.34. The zero-order valence-corrected chi connectivity index (χ0v) is 16.9. The van der Waals surface area contributed by atoms with Gasteiger partial charge < -0.3 is 19.7 Å². The number of anilines is 1. The predicted molar refractivity (Wildman–Crippen MR) is 110 cm³/mol. The summed E-state index contributed by atoms with van der Waals surface area (Å²) in [6.45, 7) is 1.13. The molecule has 1 fully saturated rings. The van der Waals surface area contributed by atoms with Crippen LogP contribution in [0.25, 0.3) is 0 Å². The van der Waals surface area contributed by atoms with E-state index in [0.29, 0.717) is 48.7 Å². The van der Waals surface area contributed by atoms with E-state index in [1.807, 2.05) is 0 Å². The van der Waals surface area contributed by atoms with Crippen LogP contribution in [0.5, 0.6) is 11.5 Å². The highest BCUT2D eigenvalue weighted by atomic mass is 19.1. The SMILES string of the molecule is O=C(CCC(=O)N1CCC(C(=O)Nc2ccc3c(c2)OCO3)CC1)c1ccc(F)cc1. The average molecular weight is 426 g/mol. The second-order valence-corrected chi connectivity index (χ2v) is 7.64. The lowest BCUT2D eigenvalue weighted by Gasteiger charge is -2.31. The summed E-state index contributed by atoms with van der Waals surface area (Å²) in [5, 5.41) is 2.90. The van der Waals surface area contributed by atoms with Crippen LogP contribution >= 0.6 is 0 Å². The van der Waals surface area contributed by atoms with Crippen molar-refractivity contribution in [2.24, 2.45) is 5.92 Å². The number of halogens is 1. The number of piperidine rings is 1. The summed E-state index contributed by atoms with van der Waals surface area (Å²) in [5.74, 6) is 0.290. The van der Waals surface area contributed by atoms with E-state index < -0.39 is 5.82 Å². The lowest BCUT2D eigenvalue weighted by molar-refractivity contribution is -0.134. The van der Waals surface area contributed by atoms with Crippen LogP contribution in [0.2, 0.25) is 0 Å². The minimum Gasteiger partial charge on any atom is -0.454 e. The number of carbonyl (C=O) groups excluding carboxylic acids is 3. The molecule has 8 heteroatoms. The first kappa shape index (κ1) is 20.8. The number of hydrogen-bond donors (Lipinski definition) is 1. The molecule has 162 valence electrons. The van der Waals surface area contributed by atoms with E-state index in [0.717, 1.165) is 0 Å². The van der Waals surface area contributed by atoms with Gasteiger partial charge in [0.1, 0.15) is 5.82 Å². The van der Waals surface area contributed by atoms with Crippen LogP contribution < -0.4 is 14.8 Å². The lowest BCUT2D eigenvalue weighted by Crippen LogP contribution is -2.41. The van der Waals surface area contributed by atoms with Crippen molar-refractivity contribution in [1.82, 2.24) is 4.90 Å². The molecule has 31 heavy (non-hydrogen) atoms. The van der Waals surface area contributed by atoms with Crippen molar-refractivity contribution in [3.05, 3.63) is 53.8 Å². The Morgan fingerprint density at radius 2 is 1.68 bits per heavy atom. The van der Waals surface area contributed by atoms with E-state index in [9.17, 15) is 18.8 Å². The molecule has 0 aliphatic carbocycles. The van der Waals surface area contributed by atoms with E-state index in [-0.39, 0.29) is 43.2 Å². The molecule has 7 nitrogen and oxygen atoms in total. The molecule has 0 spiro atoms. The molecule has 1 saturated heterocycles. The summed E-state index contributed by atoms with van der Waals surface area (Å²) in [4.78, 5) is 38.9. The average Bonchev–Trinajstić information content (AvgIpc) is 3.25. The maximum atomic E-state index is 13.0. The number of nitrogens with zero attached hydrogens (tertiary/aromatic N) is 1. The summed E-state index contributed by atoms with van der Waals surface area (Å²) < 4.78 is 23.5. The second-order valence-electron chi connectivity index (χ2n) is 7.64. The van der Waals surface area contributed by atoms with E-state index in [4.69, 9.17) is 9.47 Å². The van der Waals surface area contributed by atoms with E-state index >= 15 is 0 Å². The molecule has 0 saturated carbocycles. The third kappa shape index (κ3) is 5.02. The number of benzene rings is 2. The summed E-state index contributed by atoms with van der Waals surface area (Å²) in [7, 11) is 0. The molecular weight excluding hydrogens is 403 g/mol. The fourth-order valence-electron chi connectivity index (χ4n) is 3.77. The standard InChI is InChI=1S/C23H23FN2O5/c24-17-3-1-15(2-4-17)19(27)6-8-22(28)26-11-9-16(10-12-26)23(29)25-18-5-7-20-21(13-18)31-14-30-20/h1-5,7,13,16H,6,8-12,14H2,(H,25,29). The van der Waals surface area contributed by atoms with Gasteiger partial charge in [0.05, 0.1) is 0 Å². The van der Waals surface area contributed by atoms with Crippen molar-refractivity contribution >= 4 is 23.3 Å². The van der Waals surface area contributed by atoms with Crippen molar-refractivity contribution in [2.45, 2.75) is 25.7 Å². The molecule has 0 aromatic heterocycles. The molecule has 0 unspecified atom stereocenters. The van der Waals surface area contributed by atoms with Gasteiger partial charge in [-0.05, 0) is 49.2 Å². The minimum absolute atomic E-state index is 0.0784. The van der Waals surface area contributed by atoms with Crippen LogP contribution in [0, 0.1) is 11.7 Å². The van der Waals surface area contributed by atoms with Gasteiger partial charge in [-0.25, -0.2) is 4.39 Å². The van der Waals surface area contributed by atoms with Gasteiger partial charge in [0, 0.05) is 49.2 Å². The number of rotatable bonds is 6. The smallest absolute Gasteiger partial charge is 0.231 e. The second kappa shape index (κ2) is 9.16. The Morgan fingerprint density at radius 1 is 0.968 bits per heavy atom. The monoisotopic (exact) mass is 426 g/mol. The molecule has 2 aromatic carbocycles. The molecule has 2 aliphatic heterocycles. The van der Waals surface area contributed by atoms with Gasteiger partial charge in [0.2, 0.25) is 18.6 Å². The number of likely N-dealkylation sites (tertiary alicyclic amines) is 1. The fraction of sp³-hybridized carbons (Fsp3) is 0.348. The van der Waals surface area contributed by atoms with Gasteiger partial charge >= 0.3 is 0 Å². The Labute approximate surface area is 179 Å². The largest absolute Gasteiger partial charge is 0.454 e. The van der Waals surface area contributed by atoms with Crippen LogP contribution in [0.4, 0.5) is 10.1 Å². The van der Waals surface area contributed by atoms with Gasteiger partial charge in [-0.1, -0.05) is 0 Å². The summed E-state index contributed by atoms with van der Waals surface area (Å²) >= 11 is 0. The molecule has 2 amide bonds. The quantitative estimate of drug-likeness (QED) is 0.716. The number of ketones is 1. The summed E-state index contributed by atoms with van der Waals surface area (Å²) in [6, 6.07) is 10.6. The predicted octanol–water partition coefficient (Wildman–Crippen LogP) is 3.39.